The summed E-state index contributed by atoms with van der Waals surface area (Å²) >= 11 is 0. The Balaban J connectivity index is 1.33. The van der Waals surface area contributed by atoms with Crippen LogP contribution in [0.15, 0.2) is 0 Å². The molecule has 128 valence electrons. The van der Waals surface area contributed by atoms with Crippen LogP contribution >= 0.6 is 0 Å². The maximum Gasteiger partial charge on any atom is 0.0797 e. The molecule has 1 aromatic heterocycles. The van der Waals surface area contributed by atoms with E-state index in [1.54, 1.807) is 0 Å². The van der Waals surface area contributed by atoms with Crippen LogP contribution in [0.4, 0.5) is 0 Å². The highest BCUT2D eigenvalue weighted by Crippen LogP contribution is 2.25. The fraction of sp³-hybridized carbons (Fsp3) is 0.833. The Morgan fingerprint density at radius 3 is 2.83 bits per heavy atom. The van der Waals surface area contributed by atoms with Crippen molar-refractivity contribution >= 4 is 0 Å². The highest BCUT2D eigenvalue weighted by molar-refractivity contribution is 5.27. The molecule has 0 radical (unpaired) electrons. The normalized spacial score (nSPS) is 27.0. The van der Waals surface area contributed by atoms with Crippen molar-refractivity contribution in [3.63, 3.8) is 0 Å². The van der Waals surface area contributed by atoms with Gasteiger partial charge in [0.2, 0.25) is 0 Å². The molecule has 1 aromatic rings. The second kappa shape index (κ2) is 7.32. The van der Waals surface area contributed by atoms with Gasteiger partial charge >= 0.3 is 0 Å². The van der Waals surface area contributed by atoms with E-state index >= 15 is 0 Å². The Morgan fingerprint density at radius 1 is 1.04 bits per heavy atom. The van der Waals surface area contributed by atoms with Crippen LogP contribution in [0, 0.1) is 5.92 Å². The first kappa shape index (κ1) is 15.6. The largest absolute Gasteiger partial charge is 0.379 e. The van der Waals surface area contributed by atoms with Crippen molar-refractivity contribution in [3.05, 3.63) is 17.0 Å². The number of nitrogens with one attached hydrogen (secondary N) is 1. The average Bonchev–Trinajstić information content (AvgIpc) is 2.99. The molecule has 0 spiro atoms. The van der Waals surface area contributed by atoms with E-state index in [1.165, 1.54) is 75.1 Å². The number of aryl methyl sites for hydroxylation is 1. The van der Waals surface area contributed by atoms with Crippen LogP contribution in [0.1, 0.15) is 42.6 Å². The average molecular weight is 318 g/mol. The number of piperidine rings is 1. The van der Waals surface area contributed by atoms with Gasteiger partial charge in [-0.05, 0) is 56.6 Å². The molecule has 1 aliphatic carbocycles. The van der Waals surface area contributed by atoms with Gasteiger partial charge in [-0.25, -0.2) is 0 Å². The van der Waals surface area contributed by atoms with E-state index in [-0.39, 0.29) is 0 Å². The van der Waals surface area contributed by atoms with Crippen molar-refractivity contribution in [2.45, 2.75) is 45.1 Å². The molecule has 1 atom stereocenters. The number of fused-ring (bicyclic) bond motifs is 1. The van der Waals surface area contributed by atoms with Crippen molar-refractivity contribution in [3.8, 4) is 0 Å². The summed E-state index contributed by atoms with van der Waals surface area (Å²) in [4.78, 5) is 5.23. The van der Waals surface area contributed by atoms with E-state index in [4.69, 9.17) is 4.74 Å². The molecule has 2 saturated heterocycles. The zero-order chi connectivity index (χ0) is 15.5. The third-order valence-corrected chi connectivity index (χ3v) is 5.74. The van der Waals surface area contributed by atoms with Crippen molar-refractivity contribution in [2.24, 2.45) is 5.92 Å². The molecule has 1 N–H and O–H groups in total. The molecule has 2 fully saturated rings. The minimum atomic E-state index is 0.816. The Hall–Kier alpha value is -0.910. The van der Waals surface area contributed by atoms with Gasteiger partial charge in [-0.15, -0.1) is 0 Å². The smallest absolute Gasteiger partial charge is 0.0797 e. The molecule has 23 heavy (non-hydrogen) atoms. The van der Waals surface area contributed by atoms with Gasteiger partial charge in [-0.3, -0.25) is 14.9 Å². The third-order valence-electron chi connectivity index (χ3n) is 5.74. The fourth-order valence-electron chi connectivity index (χ4n) is 4.49. The molecule has 5 heteroatoms. The lowest BCUT2D eigenvalue weighted by molar-refractivity contribution is 0.0223. The molecule has 0 amide bonds. The van der Waals surface area contributed by atoms with Gasteiger partial charge in [0.05, 0.1) is 18.9 Å². The van der Waals surface area contributed by atoms with Crippen LogP contribution in [0.25, 0.3) is 0 Å². The topological polar surface area (TPSA) is 44.4 Å². The summed E-state index contributed by atoms with van der Waals surface area (Å²) in [5, 5.41) is 7.93. The summed E-state index contributed by atoms with van der Waals surface area (Å²) in [6.07, 6.45) is 7.79. The first-order valence-electron chi connectivity index (χ1n) is 9.46. The molecule has 4 rings (SSSR count). The van der Waals surface area contributed by atoms with E-state index in [9.17, 15) is 0 Å². The SMILES string of the molecule is C1CCc2c(CN3CCCC(CN4CCOCC4)C3)n[nH]c2C1. The second-order valence-electron chi connectivity index (χ2n) is 7.49. The van der Waals surface area contributed by atoms with E-state index < -0.39 is 0 Å². The van der Waals surface area contributed by atoms with Gasteiger partial charge in [-0.1, -0.05) is 0 Å². The third kappa shape index (κ3) is 3.78. The highest BCUT2D eigenvalue weighted by atomic mass is 16.5. The molecule has 2 aliphatic heterocycles. The molecule has 3 aliphatic rings. The van der Waals surface area contributed by atoms with Gasteiger partial charge in [0.25, 0.3) is 0 Å². The number of aromatic nitrogens is 2. The van der Waals surface area contributed by atoms with E-state index in [0.717, 1.165) is 38.8 Å². The van der Waals surface area contributed by atoms with Gasteiger partial charge in [0.15, 0.2) is 0 Å². The minimum Gasteiger partial charge on any atom is -0.379 e. The summed E-state index contributed by atoms with van der Waals surface area (Å²) in [6.45, 7) is 8.82. The van der Waals surface area contributed by atoms with E-state index in [1.807, 2.05) is 0 Å². The molecule has 0 saturated carbocycles. The Bertz CT molecular complexity index is 509. The van der Waals surface area contributed by atoms with E-state index in [0.29, 0.717) is 0 Å². The van der Waals surface area contributed by atoms with Crippen LogP contribution in [0.2, 0.25) is 0 Å². The summed E-state index contributed by atoms with van der Waals surface area (Å²) in [7, 11) is 0. The number of hydrogen-bond donors (Lipinski definition) is 1. The van der Waals surface area contributed by atoms with E-state index in [2.05, 4.69) is 20.0 Å². The number of ether oxygens (including phenoxy) is 1. The summed E-state index contributed by atoms with van der Waals surface area (Å²) in [5.74, 6) is 0.816. The molecule has 0 bridgehead atoms. The predicted octanol–water partition coefficient (Wildman–Crippen LogP) is 1.83. The molecule has 0 aromatic carbocycles. The van der Waals surface area contributed by atoms with Crippen molar-refractivity contribution < 1.29 is 4.74 Å². The first-order chi connectivity index (χ1) is 11.4. The molecular formula is C18H30N4O. The van der Waals surface area contributed by atoms with Gasteiger partial charge in [0.1, 0.15) is 0 Å². The number of nitrogens with zero attached hydrogens (tertiary/aromatic N) is 3. The van der Waals surface area contributed by atoms with Crippen LogP contribution in [-0.2, 0) is 24.1 Å². The predicted molar refractivity (Wildman–Crippen MR) is 90.5 cm³/mol. The maximum atomic E-state index is 5.47. The van der Waals surface area contributed by atoms with Crippen molar-refractivity contribution in [2.75, 3.05) is 45.9 Å². The molecular weight excluding hydrogens is 288 g/mol. The number of H-pyrrole nitrogens is 1. The summed E-state index contributed by atoms with van der Waals surface area (Å²) in [6, 6.07) is 0. The Morgan fingerprint density at radius 2 is 1.91 bits per heavy atom. The Labute approximate surface area is 139 Å². The first-order valence-corrected chi connectivity index (χ1v) is 9.46. The molecule has 5 nitrogen and oxygen atoms in total. The summed E-state index contributed by atoms with van der Waals surface area (Å²) < 4.78 is 5.47. The fourth-order valence-corrected chi connectivity index (χ4v) is 4.49. The molecule has 1 unspecified atom stereocenters. The lowest BCUT2D eigenvalue weighted by Crippen LogP contribution is -2.44. The second-order valence-corrected chi connectivity index (χ2v) is 7.49. The van der Waals surface area contributed by atoms with Crippen LogP contribution in [0.5, 0.6) is 0 Å². The Kier molecular flexibility index (Phi) is 4.97. The lowest BCUT2D eigenvalue weighted by Gasteiger charge is -2.36. The zero-order valence-corrected chi connectivity index (χ0v) is 14.2. The quantitative estimate of drug-likeness (QED) is 0.920. The van der Waals surface area contributed by atoms with Crippen LogP contribution in [0.3, 0.4) is 0 Å². The zero-order valence-electron chi connectivity index (χ0n) is 14.2. The van der Waals surface area contributed by atoms with Gasteiger partial charge < -0.3 is 4.74 Å². The maximum absolute atomic E-state index is 5.47. The monoisotopic (exact) mass is 318 g/mol. The number of rotatable bonds is 4. The lowest BCUT2D eigenvalue weighted by atomic mass is 9.94. The number of aromatic amines is 1. The standard InChI is InChI=1S/C18H30N4O/c1-2-6-17-16(5-1)18(20-19-17)14-22-7-3-4-15(13-22)12-21-8-10-23-11-9-21/h15H,1-14H2,(H,19,20). The highest BCUT2D eigenvalue weighted by Gasteiger charge is 2.25. The van der Waals surface area contributed by atoms with Crippen LogP contribution < -0.4 is 0 Å². The number of hydrogen-bond acceptors (Lipinski definition) is 4. The molecule has 3 heterocycles. The van der Waals surface area contributed by atoms with Crippen molar-refractivity contribution in [1.82, 2.24) is 20.0 Å². The van der Waals surface area contributed by atoms with Gasteiger partial charge in [-0.2, -0.15) is 5.10 Å². The minimum absolute atomic E-state index is 0.816. The van der Waals surface area contributed by atoms with Crippen LogP contribution in [-0.4, -0.2) is 65.9 Å². The van der Waals surface area contributed by atoms with Gasteiger partial charge in [0, 0.05) is 38.4 Å². The summed E-state index contributed by atoms with van der Waals surface area (Å²) in [5.41, 5.74) is 4.27. The number of morpholine rings is 1. The number of likely N-dealkylation sites (tertiary alicyclic amines) is 1. The van der Waals surface area contributed by atoms with Crippen molar-refractivity contribution in [1.29, 1.82) is 0 Å².